The Hall–Kier alpha value is -2.33. The first-order valence-electron chi connectivity index (χ1n) is 8.02. The van der Waals surface area contributed by atoms with Crippen molar-refractivity contribution in [3.8, 4) is 11.5 Å². The zero-order valence-corrected chi connectivity index (χ0v) is 13.3. The van der Waals surface area contributed by atoms with Gasteiger partial charge in [0.15, 0.2) is 5.75 Å². The number of rotatable bonds is 4. The third-order valence-corrected chi connectivity index (χ3v) is 4.21. The van der Waals surface area contributed by atoms with Crippen LogP contribution in [0.15, 0.2) is 48.5 Å². The minimum atomic E-state index is -0.00455. The average Bonchev–Trinajstić information content (AvgIpc) is 2.98. The number of nitrogens with two attached hydrogens (primary N) is 1. The highest BCUT2D eigenvalue weighted by Gasteiger charge is 2.28. The average molecular weight is 310 g/mol. The van der Waals surface area contributed by atoms with E-state index in [1.54, 1.807) is 0 Å². The van der Waals surface area contributed by atoms with E-state index in [1.807, 2.05) is 55.5 Å². The van der Waals surface area contributed by atoms with Crippen LogP contribution in [0.25, 0.3) is 0 Å². The van der Waals surface area contributed by atoms with Crippen LogP contribution in [-0.4, -0.2) is 11.9 Å². The van der Waals surface area contributed by atoms with Gasteiger partial charge in [-0.15, -0.1) is 0 Å². The number of benzene rings is 2. The maximum atomic E-state index is 12.5. The fourth-order valence-electron chi connectivity index (χ4n) is 2.94. The topological polar surface area (TPSA) is 64.3 Å². The molecule has 2 aromatic carbocycles. The van der Waals surface area contributed by atoms with Crippen LogP contribution < -0.4 is 15.8 Å². The van der Waals surface area contributed by atoms with Crippen LogP contribution in [0, 0.1) is 12.8 Å². The molecule has 3 rings (SSSR count). The first-order chi connectivity index (χ1) is 11.1. The lowest BCUT2D eigenvalue weighted by Gasteiger charge is -2.15. The van der Waals surface area contributed by atoms with Crippen molar-refractivity contribution in [2.45, 2.75) is 32.2 Å². The molecule has 1 aliphatic carbocycles. The molecule has 2 atom stereocenters. The number of hydrogen-bond acceptors (Lipinski definition) is 3. The normalized spacial score (nSPS) is 20.3. The van der Waals surface area contributed by atoms with Gasteiger partial charge < -0.3 is 15.8 Å². The molecular formula is C19H22N2O2. The van der Waals surface area contributed by atoms with Crippen molar-refractivity contribution in [1.29, 1.82) is 0 Å². The highest BCUT2D eigenvalue weighted by Crippen LogP contribution is 2.32. The SMILES string of the molecule is Cc1ccc(Oc2ccccc2)c(NC(=O)C2CCC(N)C2)c1. The summed E-state index contributed by atoms with van der Waals surface area (Å²) in [5.74, 6) is 1.42. The van der Waals surface area contributed by atoms with Crippen molar-refractivity contribution in [3.63, 3.8) is 0 Å². The van der Waals surface area contributed by atoms with Crippen molar-refractivity contribution in [2.75, 3.05) is 5.32 Å². The molecule has 2 aromatic rings. The number of amides is 1. The Kier molecular flexibility index (Phi) is 4.63. The molecule has 120 valence electrons. The summed E-state index contributed by atoms with van der Waals surface area (Å²) in [6.45, 7) is 1.99. The maximum Gasteiger partial charge on any atom is 0.227 e. The minimum Gasteiger partial charge on any atom is -0.455 e. The summed E-state index contributed by atoms with van der Waals surface area (Å²) in [6, 6.07) is 15.5. The number of anilines is 1. The van der Waals surface area contributed by atoms with Gasteiger partial charge in [-0.1, -0.05) is 24.3 Å². The summed E-state index contributed by atoms with van der Waals surface area (Å²) >= 11 is 0. The highest BCUT2D eigenvalue weighted by atomic mass is 16.5. The Labute approximate surface area is 136 Å². The summed E-state index contributed by atoms with van der Waals surface area (Å²) in [5, 5.41) is 3.01. The molecule has 1 fully saturated rings. The van der Waals surface area contributed by atoms with Crippen LogP contribution >= 0.6 is 0 Å². The summed E-state index contributed by atoms with van der Waals surface area (Å²) in [7, 11) is 0. The molecule has 1 amide bonds. The van der Waals surface area contributed by atoms with E-state index < -0.39 is 0 Å². The van der Waals surface area contributed by atoms with Crippen molar-refractivity contribution in [1.82, 2.24) is 0 Å². The van der Waals surface area contributed by atoms with Gasteiger partial charge in [-0.05, 0) is 56.0 Å². The summed E-state index contributed by atoms with van der Waals surface area (Å²) in [6.07, 6.45) is 2.53. The van der Waals surface area contributed by atoms with E-state index in [4.69, 9.17) is 10.5 Å². The fraction of sp³-hybridized carbons (Fsp3) is 0.316. The molecule has 4 nitrogen and oxygen atoms in total. The molecule has 0 saturated heterocycles. The third kappa shape index (κ3) is 3.90. The second-order valence-electron chi connectivity index (χ2n) is 6.17. The molecular weight excluding hydrogens is 288 g/mol. The molecule has 2 unspecified atom stereocenters. The van der Waals surface area contributed by atoms with Gasteiger partial charge in [-0.25, -0.2) is 0 Å². The quantitative estimate of drug-likeness (QED) is 0.901. The highest BCUT2D eigenvalue weighted by molar-refractivity contribution is 5.94. The standard InChI is InChI=1S/C19H22N2O2/c1-13-7-10-18(23-16-5-3-2-4-6-16)17(11-13)21-19(22)14-8-9-15(20)12-14/h2-7,10-11,14-15H,8-9,12,20H2,1H3,(H,21,22). The van der Waals surface area contributed by atoms with E-state index in [-0.39, 0.29) is 17.9 Å². The Balaban J connectivity index is 1.77. The monoisotopic (exact) mass is 310 g/mol. The van der Waals surface area contributed by atoms with Crippen LogP contribution in [-0.2, 0) is 4.79 Å². The molecule has 0 bridgehead atoms. The van der Waals surface area contributed by atoms with Gasteiger partial charge in [0.1, 0.15) is 5.75 Å². The van der Waals surface area contributed by atoms with Gasteiger partial charge in [0.2, 0.25) is 5.91 Å². The predicted octanol–water partition coefficient (Wildman–Crippen LogP) is 3.85. The lowest BCUT2D eigenvalue weighted by atomic mass is 10.1. The summed E-state index contributed by atoms with van der Waals surface area (Å²) in [4.78, 5) is 12.5. The van der Waals surface area contributed by atoms with Crippen LogP contribution in [0.1, 0.15) is 24.8 Å². The van der Waals surface area contributed by atoms with E-state index in [0.29, 0.717) is 11.4 Å². The van der Waals surface area contributed by atoms with Gasteiger partial charge in [0.05, 0.1) is 5.69 Å². The van der Waals surface area contributed by atoms with Gasteiger partial charge in [0.25, 0.3) is 0 Å². The van der Waals surface area contributed by atoms with Crippen LogP contribution in [0.2, 0.25) is 0 Å². The van der Waals surface area contributed by atoms with E-state index >= 15 is 0 Å². The van der Waals surface area contributed by atoms with Crippen molar-refractivity contribution in [3.05, 3.63) is 54.1 Å². The molecule has 3 N–H and O–H groups in total. The number of para-hydroxylation sites is 1. The van der Waals surface area contributed by atoms with E-state index in [0.717, 1.165) is 30.6 Å². The Morgan fingerprint density at radius 2 is 1.96 bits per heavy atom. The number of aryl methyl sites for hydroxylation is 1. The Morgan fingerprint density at radius 1 is 1.17 bits per heavy atom. The Bertz CT molecular complexity index is 685. The summed E-state index contributed by atoms with van der Waals surface area (Å²) in [5.41, 5.74) is 7.69. The van der Waals surface area contributed by atoms with E-state index in [2.05, 4.69) is 5.32 Å². The molecule has 0 heterocycles. The third-order valence-electron chi connectivity index (χ3n) is 4.21. The van der Waals surface area contributed by atoms with Gasteiger partial charge >= 0.3 is 0 Å². The fourth-order valence-corrected chi connectivity index (χ4v) is 2.94. The summed E-state index contributed by atoms with van der Waals surface area (Å²) < 4.78 is 5.91. The zero-order chi connectivity index (χ0) is 16.2. The molecule has 0 aromatic heterocycles. The van der Waals surface area contributed by atoms with Crippen molar-refractivity contribution in [2.24, 2.45) is 11.7 Å². The van der Waals surface area contributed by atoms with Crippen molar-refractivity contribution >= 4 is 11.6 Å². The van der Waals surface area contributed by atoms with Gasteiger partial charge in [0, 0.05) is 12.0 Å². The van der Waals surface area contributed by atoms with E-state index in [9.17, 15) is 4.79 Å². The van der Waals surface area contributed by atoms with Crippen LogP contribution in [0.5, 0.6) is 11.5 Å². The number of carbonyl (C=O) groups is 1. The first-order valence-corrected chi connectivity index (χ1v) is 8.02. The van der Waals surface area contributed by atoms with Gasteiger partial charge in [-0.2, -0.15) is 0 Å². The molecule has 4 heteroatoms. The molecule has 1 aliphatic rings. The largest absolute Gasteiger partial charge is 0.455 e. The molecule has 0 spiro atoms. The first kappa shape index (κ1) is 15.6. The predicted molar refractivity (Wildman–Crippen MR) is 91.6 cm³/mol. The molecule has 23 heavy (non-hydrogen) atoms. The molecule has 0 radical (unpaired) electrons. The molecule has 1 saturated carbocycles. The lowest BCUT2D eigenvalue weighted by molar-refractivity contribution is -0.119. The minimum absolute atomic E-state index is 0.00455. The number of carbonyl (C=O) groups excluding carboxylic acids is 1. The number of hydrogen-bond donors (Lipinski definition) is 2. The molecule has 0 aliphatic heterocycles. The zero-order valence-electron chi connectivity index (χ0n) is 13.3. The smallest absolute Gasteiger partial charge is 0.227 e. The van der Waals surface area contributed by atoms with Crippen LogP contribution in [0.3, 0.4) is 0 Å². The van der Waals surface area contributed by atoms with Gasteiger partial charge in [-0.3, -0.25) is 4.79 Å². The number of ether oxygens (including phenoxy) is 1. The lowest BCUT2D eigenvalue weighted by Crippen LogP contribution is -2.23. The van der Waals surface area contributed by atoms with Crippen molar-refractivity contribution < 1.29 is 9.53 Å². The van der Waals surface area contributed by atoms with E-state index in [1.165, 1.54) is 0 Å². The second-order valence-corrected chi connectivity index (χ2v) is 6.17. The Morgan fingerprint density at radius 3 is 2.65 bits per heavy atom. The second kappa shape index (κ2) is 6.84. The van der Waals surface area contributed by atoms with Crippen LogP contribution in [0.4, 0.5) is 5.69 Å². The maximum absolute atomic E-state index is 12.5. The number of nitrogens with one attached hydrogen (secondary N) is 1.